The summed E-state index contributed by atoms with van der Waals surface area (Å²) in [5, 5.41) is 8.93. The van der Waals surface area contributed by atoms with Crippen LogP contribution in [0, 0.1) is 0 Å². The van der Waals surface area contributed by atoms with Crippen molar-refractivity contribution >= 4 is 11.9 Å². The number of carboxylic acids is 1. The molecule has 1 unspecified atom stereocenters. The van der Waals surface area contributed by atoms with Crippen LogP contribution < -0.4 is 0 Å². The Morgan fingerprint density at radius 2 is 2.14 bits per heavy atom. The second-order valence-corrected chi connectivity index (χ2v) is 4.02. The minimum atomic E-state index is -0.911. The fraction of sp³-hybridized carbons (Fsp3) is 0.778. The van der Waals surface area contributed by atoms with Crippen molar-refractivity contribution in [1.29, 1.82) is 0 Å². The zero-order valence-corrected chi connectivity index (χ0v) is 8.14. The predicted octanol–water partition coefficient (Wildman–Crippen LogP) is -0.624. The highest BCUT2D eigenvalue weighted by atomic mass is 16.4. The van der Waals surface area contributed by atoms with E-state index < -0.39 is 12.0 Å². The van der Waals surface area contributed by atoms with Crippen LogP contribution in [0.4, 0.5) is 0 Å². The minimum absolute atomic E-state index is 0.0875. The SMILES string of the molecule is CN1C(=O)CN(C2CC2)CC1C(=O)O. The zero-order chi connectivity index (χ0) is 10.3. The number of hydrogen-bond acceptors (Lipinski definition) is 3. The standard InChI is InChI=1S/C9H14N2O3/c1-10-7(9(13)14)4-11(5-8(10)12)6-2-3-6/h6-7H,2-5H2,1H3,(H,13,14). The lowest BCUT2D eigenvalue weighted by molar-refractivity contribution is -0.154. The van der Waals surface area contributed by atoms with E-state index in [4.69, 9.17) is 5.11 Å². The second kappa shape index (κ2) is 3.24. The van der Waals surface area contributed by atoms with Gasteiger partial charge in [0.15, 0.2) is 0 Å². The monoisotopic (exact) mass is 198 g/mol. The maximum absolute atomic E-state index is 11.5. The summed E-state index contributed by atoms with van der Waals surface area (Å²) in [7, 11) is 1.56. The lowest BCUT2D eigenvalue weighted by Gasteiger charge is -2.36. The smallest absolute Gasteiger partial charge is 0.327 e. The molecule has 5 nitrogen and oxygen atoms in total. The summed E-state index contributed by atoms with van der Waals surface area (Å²) in [5.74, 6) is -0.998. The van der Waals surface area contributed by atoms with Crippen molar-refractivity contribution in [2.24, 2.45) is 0 Å². The molecule has 5 heteroatoms. The number of aliphatic carboxylic acids is 1. The largest absolute Gasteiger partial charge is 0.480 e. The molecular formula is C9H14N2O3. The maximum atomic E-state index is 11.5. The average Bonchev–Trinajstić information content (AvgIpc) is 2.91. The van der Waals surface area contributed by atoms with Crippen molar-refractivity contribution in [3.05, 3.63) is 0 Å². The third-order valence-corrected chi connectivity index (χ3v) is 2.96. The summed E-state index contributed by atoms with van der Waals surface area (Å²) in [6.45, 7) is 0.854. The van der Waals surface area contributed by atoms with E-state index >= 15 is 0 Å². The first kappa shape index (κ1) is 9.45. The Bertz CT molecular complexity index is 275. The van der Waals surface area contributed by atoms with E-state index in [0.717, 1.165) is 12.8 Å². The highest BCUT2D eigenvalue weighted by molar-refractivity contribution is 5.86. The Morgan fingerprint density at radius 3 is 2.64 bits per heavy atom. The van der Waals surface area contributed by atoms with Crippen LogP contribution in [0.5, 0.6) is 0 Å². The summed E-state index contributed by atoms with van der Waals surface area (Å²) in [5.41, 5.74) is 0. The molecule has 1 aliphatic heterocycles. The number of carboxylic acid groups (broad SMARTS) is 1. The summed E-state index contributed by atoms with van der Waals surface area (Å²) in [6.07, 6.45) is 2.20. The van der Waals surface area contributed by atoms with Crippen LogP contribution in [0.2, 0.25) is 0 Å². The van der Waals surface area contributed by atoms with Gasteiger partial charge in [-0.2, -0.15) is 0 Å². The lowest BCUT2D eigenvalue weighted by atomic mass is 10.1. The molecule has 1 saturated heterocycles. The molecule has 0 radical (unpaired) electrons. The van der Waals surface area contributed by atoms with Crippen LogP contribution in [-0.4, -0.2) is 59.0 Å². The third kappa shape index (κ3) is 1.59. The molecule has 2 aliphatic rings. The number of likely N-dealkylation sites (N-methyl/N-ethyl adjacent to an activating group) is 1. The van der Waals surface area contributed by atoms with E-state index in [1.807, 2.05) is 4.90 Å². The number of nitrogens with zero attached hydrogens (tertiary/aromatic N) is 2. The van der Waals surface area contributed by atoms with Gasteiger partial charge >= 0.3 is 5.97 Å². The molecule has 1 saturated carbocycles. The van der Waals surface area contributed by atoms with Crippen molar-refractivity contribution in [1.82, 2.24) is 9.80 Å². The first-order valence-corrected chi connectivity index (χ1v) is 4.82. The van der Waals surface area contributed by atoms with Gasteiger partial charge < -0.3 is 10.0 Å². The fourth-order valence-corrected chi connectivity index (χ4v) is 1.83. The number of rotatable bonds is 2. The summed E-state index contributed by atoms with van der Waals surface area (Å²) >= 11 is 0. The molecule has 1 amide bonds. The lowest BCUT2D eigenvalue weighted by Crippen LogP contribution is -2.58. The molecule has 0 aromatic carbocycles. The Labute approximate surface area is 82.3 Å². The van der Waals surface area contributed by atoms with Crippen LogP contribution >= 0.6 is 0 Å². The van der Waals surface area contributed by atoms with E-state index in [2.05, 4.69) is 0 Å². The molecule has 2 rings (SSSR count). The topological polar surface area (TPSA) is 60.9 Å². The zero-order valence-electron chi connectivity index (χ0n) is 8.14. The molecule has 78 valence electrons. The third-order valence-electron chi connectivity index (χ3n) is 2.96. The molecule has 1 atom stereocenters. The minimum Gasteiger partial charge on any atom is -0.480 e. The van der Waals surface area contributed by atoms with Gasteiger partial charge in [-0.1, -0.05) is 0 Å². The molecule has 1 aliphatic carbocycles. The Balaban J connectivity index is 2.07. The highest BCUT2D eigenvalue weighted by Gasteiger charge is 2.40. The molecule has 0 bridgehead atoms. The Kier molecular flexibility index (Phi) is 2.19. The van der Waals surface area contributed by atoms with E-state index in [9.17, 15) is 9.59 Å². The van der Waals surface area contributed by atoms with Crippen LogP contribution in [0.1, 0.15) is 12.8 Å². The van der Waals surface area contributed by atoms with Gasteiger partial charge in [0.25, 0.3) is 0 Å². The number of hydrogen-bond donors (Lipinski definition) is 1. The Morgan fingerprint density at radius 1 is 1.50 bits per heavy atom. The number of piperazine rings is 1. The van der Waals surface area contributed by atoms with Gasteiger partial charge in [-0.25, -0.2) is 4.79 Å². The number of carbonyl (C=O) groups excluding carboxylic acids is 1. The van der Waals surface area contributed by atoms with E-state index in [1.54, 1.807) is 7.05 Å². The van der Waals surface area contributed by atoms with E-state index in [-0.39, 0.29) is 5.91 Å². The molecular weight excluding hydrogens is 184 g/mol. The highest BCUT2D eigenvalue weighted by Crippen LogP contribution is 2.28. The summed E-state index contributed by atoms with van der Waals surface area (Å²) in [6, 6.07) is -0.216. The molecule has 2 fully saturated rings. The van der Waals surface area contributed by atoms with Gasteiger partial charge in [0.05, 0.1) is 6.54 Å². The molecule has 0 aromatic heterocycles. The van der Waals surface area contributed by atoms with Crippen molar-refractivity contribution < 1.29 is 14.7 Å². The molecule has 14 heavy (non-hydrogen) atoms. The number of carbonyl (C=O) groups is 2. The fourth-order valence-electron chi connectivity index (χ4n) is 1.83. The maximum Gasteiger partial charge on any atom is 0.327 e. The predicted molar refractivity (Wildman–Crippen MR) is 48.8 cm³/mol. The first-order valence-electron chi connectivity index (χ1n) is 4.82. The molecule has 0 aromatic rings. The Hall–Kier alpha value is -1.10. The summed E-state index contributed by atoms with van der Waals surface area (Å²) in [4.78, 5) is 25.7. The van der Waals surface area contributed by atoms with Crippen LogP contribution in [0.25, 0.3) is 0 Å². The van der Waals surface area contributed by atoms with E-state index in [0.29, 0.717) is 19.1 Å². The van der Waals surface area contributed by atoms with Crippen LogP contribution in [0.3, 0.4) is 0 Å². The van der Waals surface area contributed by atoms with Crippen LogP contribution in [0.15, 0.2) is 0 Å². The van der Waals surface area contributed by atoms with Crippen molar-refractivity contribution in [3.8, 4) is 0 Å². The van der Waals surface area contributed by atoms with Gasteiger partial charge in [0, 0.05) is 19.6 Å². The van der Waals surface area contributed by atoms with Crippen molar-refractivity contribution in [2.45, 2.75) is 24.9 Å². The van der Waals surface area contributed by atoms with Gasteiger partial charge in [0.2, 0.25) is 5.91 Å². The van der Waals surface area contributed by atoms with Crippen LogP contribution in [-0.2, 0) is 9.59 Å². The van der Waals surface area contributed by atoms with Gasteiger partial charge in [0.1, 0.15) is 6.04 Å². The first-order chi connectivity index (χ1) is 6.59. The van der Waals surface area contributed by atoms with E-state index in [1.165, 1.54) is 4.90 Å². The molecule has 1 N–H and O–H groups in total. The molecule has 1 heterocycles. The summed E-state index contributed by atoms with van der Waals surface area (Å²) < 4.78 is 0. The van der Waals surface area contributed by atoms with Crippen molar-refractivity contribution in [2.75, 3.05) is 20.1 Å². The van der Waals surface area contributed by atoms with Gasteiger partial charge in [-0.05, 0) is 12.8 Å². The van der Waals surface area contributed by atoms with Gasteiger partial charge in [-0.15, -0.1) is 0 Å². The quantitative estimate of drug-likeness (QED) is 0.642. The van der Waals surface area contributed by atoms with Gasteiger partial charge in [-0.3, -0.25) is 9.69 Å². The number of amides is 1. The van der Waals surface area contributed by atoms with Crippen molar-refractivity contribution in [3.63, 3.8) is 0 Å². The normalized spacial score (nSPS) is 29.4. The molecule has 0 spiro atoms. The average molecular weight is 198 g/mol. The second-order valence-electron chi connectivity index (χ2n) is 4.02.